The standard InChI is InChI=1S/C11H26N.C2H2O4.H3N/c1-5-6-7-8-9-10-11-12(2,3)4;3-1(4)2(5)6;/h5-11H2,1-4H3;(H,3,4)(H,5,6);1H3/q+1;;/p-1. The van der Waals surface area contributed by atoms with Gasteiger partial charge in [0.15, 0.2) is 5.97 Å². The van der Waals surface area contributed by atoms with Gasteiger partial charge >= 0.3 is 5.97 Å². The molecule has 0 aromatic heterocycles. The second-order valence-electron chi connectivity index (χ2n) is 5.37. The molecule has 0 heterocycles. The lowest BCUT2D eigenvalue weighted by atomic mass is 10.1. The van der Waals surface area contributed by atoms with Crippen molar-refractivity contribution in [3.8, 4) is 0 Å². The van der Waals surface area contributed by atoms with Crippen LogP contribution in [0.5, 0.6) is 0 Å². The Kier molecular flexibility index (Phi) is 16.1. The van der Waals surface area contributed by atoms with Crippen LogP contribution in [0.25, 0.3) is 0 Å². The van der Waals surface area contributed by atoms with Gasteiger partial charge in [0.1, 0.15) is 0 Å². The largest absolute Gasteiger partial charge is 0.539 e. The van der Waals surface area contributed by atoms with Crippen molar-refractivity contribution in [2.24, 2.45) is 0 Å². The summed E-state index contributed by atoms with van der Waals surface area (Å²) in [6.07, 6.45) is 8.48. The van der Waals surface area contributed by atoms with Crippen LogP contribution in [0.1, 0.15) is 45.4 Å². The number of carbonyl (C=O) groups excluding carboxylic acids is 1. The quantitative estimate of drug-likeness (QED) is 0.410. The Labute approximate surface area is 116 Å². The van der Waals surface area contributed by atoms with Gasteiger partial charge in [-0.3, -0.25) is 0 Å². The molecule has 0 bridgehead atoms. The van der Waals surface area contributed by atoms with E-state index in [1.54, 1.807) is 0 Å². The van der Waals surface area contributed by atoms with Gasteiger partial charge in [0, 0.05) is 0 Å². The summed E-state index contributed by atoms with van der Waals surface area (Å²) in [5.41, 5.74) is 0. The fourth-order valence-electron chi connectivity index (χ4n) is 1.37. The van der Waals surface area contributed by atoms with Crippen LogP contribution in [-0.2, 0) is 9.59 Å². The Hall–Kier alpha value is -1.14. The molecule has 0 atom stereocenters. The number of carboxylic acid groups (broad SMARTS) is 2. The van der Waals surface area contributed by atoms with E-state index in [-0.39, 0.29) is 6.15 Å². The molecule has 0 saturated carbocycles. The van der Waals surface area contributed by atoms with Gasteiger partial charge in [0.25, 0.3) is 0 Å². The third kappa shape index (κ3) is 26.5. The first-order valence-corrected chi connectivity index (χ1v) is 6.45. The van der Waals surface area contributed by atoms with Crippen molar-refractivity contribution in [1.82, 2.24) is 6.15 Å². The Bertz CT molecular complexity index is 225. The second kappa shape index (κ2) is 13.3. The van der Waals surface area contributed by atoms with Crippen molar-refractivity contribution in [2.75, 3.05) is 27.7 Å². The normalized spacial score (nSPS) is 9.89. The summed E-state index contributed by atoms with van der Waals surface area (Å²) in [7, 11) is 6.81. The molecule has 0 saturated heterocycles. The molecule has 0 aromatic carbocycles. The number of hydrogen-bond donors (Lipinski definition) is 2. The van der Waals surface area contributed by atoms with Crippen LogP contribution in [-0.4, -0.2) is 49.2 Å². The number of rotatable bonds is 7. The first kappa shape index (κ1) is 23.0. The Morgan fingerprint density at radius 3 is 1.68 bits per heavy atom. The van der Waals surface area contributed by atoms with Gasteiger partial charge in [-0.15, -0.1) is 0 Å². The van der Waals surface area contributed by atoms with Crippen molar-refractivity contribution in [3.05, 3.63) is 0 Å². The summed E-state index contributed by atoms with van der Waals surface area (Å²) < 4.78 is 1.12. The fourth-order valence-corrected chi connectivity index (χ4v) is 1.37. The monoisotopic (exact) mass is 278 g/mol. The molecule has 116 valence electrons. The number of aliphatic carboxylic acids is 2. The van der Waals surface area contributed by atoms with Gasteiger partial charge < -0.3 is 25.6 Å². The molecule has 0 aliphatic carbocycles. The Balaban J connectivity index is -0.000000313. The molecule has 19 heavy (non-hydrogen) atoms. The number of carbonyl (C=O) groups is 2. The molecular formula is C13H30N2O4. The van der Waals surface area contributed by atoms with Crippen molar-refractivity contribution in [2.45, 2.75) is 45.4 Å². The van der Waals surface area contributed by atoms with E-state index >= 15 is 0 Å². The van der Waals surface area contributed by atoms with Gasteiger partial charge in [0.2, 0.25) is 0 Å². The fraction of sp³-hybridized carbons (Fsp3) is 0.846. The summed E-state index contributed by atoms with van der Waals surface area (Å²) in [6, 6.07) is 0. The lowest BCUT2D eigenvalue weighted by Crippen LogP contribution is -2.35. The maximum atomic E-state index is 9.04. The van der Waals surface area contributed by atoms with Gasteiger partial charge in [-0.25, -0.2) is 4.79 Å². The van der Waals surface area contributed by atoms with E-state index in [9.17, 15) is 0 Å². The molecular weight excluding hydrogens is 248 g/mol. The molecule has 0 aromatic rings. The number of nitrogens with zero attached hydrogens (tertiary/aromatic N) is 1. The van der Waals surface area contributed by atoms with Crippen LogP contribution in [0, 0.1) is 0 Å². The van der Waals surface area contributed by atoms with Crippen molar-refractivity contribution >= 4 is 11.9 Å². The van der Waals surface area contributed by atoms with Gasteiger partial charge in [0.05, 0.1) is 27.7 Å². The van der Waals surface area contributed by atoms with Gasteiger partial charge in [-0.05, 0) is 12.8 Å². The van der Waals surface area contributed by atoms with E-state index in [4.69, 9.17) is 19.8 Å². The van der Waals surface area contributed by atoms with E-state index in [0.717, 1.165) is 4.48 Å². The molecule has 0 fully saturated rings. The number of carboxylic acids is 2. The average molecular weight is 278 g/mol. The number of quaternary nitrogens is 1. The molecule has 0 unspecified atom stereocenters. The topological polar surface area (TPSA) is 112 Å². The number of unbranched alkanes of at least 4 members (excludes halogenated alkanes) is 5. The molecule has 0 spiro atoms. The Morgan fingerprint density at radius 2 is 1.37 bits per heavy atom. The zero-order valence-electron chi connectivity index (χ0n) is 12.8. The predicted octanol–water partition coefficient (Wildman–Crippen LogP) is 1.04. The minimum atomic E-state index is -2.07. The zero-order valence-corrected chi connectivity index (χ0v) is 12.8. The average Bonchev–Trinajstić information content (AvgIpc) is 2.22. The molecule has 0 aliphatic heterocycles. The molecule has 0 rings (SSSR count). The van der Waals surface area contributed by atoms with E-state index < -0.39 is 11.9 Å². The molecule has 0 aliphatic rings. The van der Waals surface area contributed by atoms with Crippen molar-refractivity contribution < 1.29 is 24.3 Å². The first-order chi connectivity index (χ1) is 8.20. The summed E-state index contributed by atoms with van der Waals surface area (Å²) >= 11 is 0. The molecule has 6 nitrogen and oxygen atoms in total. The van der Waals surface area contributed by atoms with Crippen LogP contribution >= 0.6 is 0 Å². The first-order valence-electron chi connectivity index (χ1n) is 6.45. The predicted molar refractivity (Wildman–Crippen MR) is 73.9 cm³/mol. The third-order valence-corrected chi connectivity index (χ3v) is 2.36. The minimum Gasteiger partial charge on any atom is -0.539 e. The summed E-state index contributed by atoms with van der Waals surface area (Å²) in [6.45, 7) is 3.60. The van der Waals surface area contributed by atoms with Crippen molar-refractivity contribution in [1.29, 1.82) is 0 Å². The van der Waals surface area contributed by atoms with Crippen LogP contribution in [0.2, 0.25) is 0 Å². The lowest BCUT2D eigenvalue weighted by molar-refractivity contribution is -0.870. The highest BCUT2D eigenvalue weighted by atomic mass is 16.4. The van der Waals surface area contributed by atoms with Gasteiger partial charge in [-0.2, -0.15) is 0 Å². The summed E-state index contributed by atoms with van der Waals surface area (Å²) in [5.74, 6) is -4.01. The highest BCUT2D eigenvalue weighted by molar-refractivity contribution is 6.26. The highest BCUT2D eigenvalue weighted by Gasteiger charge is 2.04. The third-order valence-electron chi connectivity index (χ3n) is 2.36. The number of hydrogen-bond acceptors (Lipinski definition) is 4. The molecule has 0 radical (unpaired) electrons. The maximum absolute atomic E-state index is 9.04. The smallest absolute Gasteiger partial charge is 0.351 e. The van der Waals surface area contributed by atoms with Crippen LogP contribution in [0.3, 0.4) is 0 Å². The maximum Gasteiger partial charge on any atom is 0.351 e. The highest BCUT2D eigenvalue weighted by Crippen LogP contribution is 2.06. The van der Waals surface area contributed by atoms with Crippen LogP contribution < -0.4 is 11.3 Å². The van der Waals surface area contributed by atoms with Gasteiger partial charge in [-0.1, -0.05) is 32.6 Å². The van der Waals surface area contributed by atoms with Crippen LogP contribution in [0.15, 0.2) is 0 Å². The van der Waals surface area contributed by atoms with E-state index in [1.807, 2.05) is 0 Å². The minimum absolute atomic E-state index is 0. The van der Waals surface area contributed by atoms with E-state index in [2.05, 4.69) is 28.1 Å². The molecule has 0 amide bonds. The SMILES string of the molecule is CCCCCCCC[N+](C)(C)C.N.O=C([O-])C(=O)O. The zero-order chi connectivity index (χ0) is 14.6. The van der Waals surface area contributed by atoms with Crippen molar-refractivity contribution in [3.63, 3.8) is 0 Å². The Morgan fingerprint density at radius 1 is 1.00 bits per heavy atom. The second-order valence-corrected chi connectivity index (χ2v) is 5.37. The van der Waals surface area contributed by atoms with E-state index in [0.29, 0.717) is 0 Å². The molecule has 6 heteroatoms. The lowest BCUT2D eigenvalue weighted by Gasteiger charge is -2.23. The summed E-state index contributed by atoms with van der Waals surface area (Å²) in [5, 5.41) is 16.3. The summed E-state index contributed by atoms with van der Waals surface area (Å²) in [4.78, 5) is 18.0. The van der Waals surface area contributed by atoms with E-state index in [1.165, 1.54) is 45.1 Å². The van der Waals surface area contributed by atoms with Crippen LogP contribution in [0.4, 0.5) is 0 Å². The molecule has 4 N–H and O–H groups in total.